The molecule has 1 aliphatic rings. The summed E-state index contributed by atoms with van der Waals surface area (Å²) in [7, 11) is 0. The van der Waals surface area contributed by atoms with Crippen LogP contribution < -0.4 is 5.32 Å². The van der Waals surface area contributed by atoms with Crippen LogP contribution in [0.25, 0.3) is 0 Å². The second-order valence-corrected chi connectivity index (χ2v) is 5.35. The van der Waals surface area contributed by atoms with E-state index in [1.165, 1.54) is 5.56 Å². The molecule has 0 spiro atoms. The molecule has 2 unspecified atom stereocenters. The summed E-state index contributed by atoms with van der Waals surface area (Å²) in [6.07, 6.45) is 0.961. The molecule has 3 nitrogen and oxygen atoms in total. The van der Waals surface area contributed by atoms with E-state index in [1.54, 1.807) is 18.2 Å². The van der Waals surface area contributed by atoms with E-state index in [9.17, 15) is 9.90 Å². The first-order valence-corrected chi connectivity index (χ1v) is 6.80. The van der Waals surface area contributed by atoms with Gasteiger partial charge in [-0.3, -0.25) is 4.79 Å². The molecule has 0 saturated heterocycles. The zero-order chi connectivity index (χ0) is 14.1. The van der Waals surface area contributed by atoms with Gasteiger partial charge in [0.1, 0.15) is 5.75 Å². The fourth-order valence-corrected chi connectivity index (χ4v) is 2.50. The summed E-state index contributed by atoms with van der Waals surface area (Å²) in [5, 5.41) is 12.7. The number of carbonyl (C=O) groups is 1. The van der Waals surface area contributed by atoms with Crippen molar-refractivity contribution < 1.29 is 9.90 Å². The zero-order valence-corrected chi connectivity index (χ0v) is 11.3. The minimum Gasteiger partial charge on any atom is -0.507 e. The minimum absolute atomic E-state index is 0.0324. The zero-order valence-electron chi connectivity index (χ0n) is 11.3. The van der Waals surface area contributed by atoms with E-state index in [1.807, 2.05) is 25.1 Å². The summed E-state index contributed by atoms with van der Waals surface area (Å²) in [5.74, 6) is 0.228. The van der Waals surface area contributed by atoms with Crippen molar-refractivity contribution in [3.63, 3.8) is 0 Å². The highest BCUT2D eigenvalue weighted by Crippen LogP contribution is 2.40. The van der Waals surface area contributed by atoms with E-state index in [4.69, 9.17) is 0 Å². The van der Waals surface area contributed by atoms with Gasteiger partial charge in [-0.2, -0.15) is 0 Å². The molecule has 1 aliphatic carbocycles. The molecule has 0 aromatic heterocycles. The number of phenolic OH excluding ortho intramolecular Hbond substituents is 1. The first-order valence-electron chi connectivity index (χ1n) is 6.80. The Morgan fingerprint density at radius 1 is 1.20 bits per heavy atom. The Bertz CT molecular complexity index is 637. The quantitative estimate of drug-likeness (QED) is 0.898. The summed E-state index contributed by atoms with van der Waals surface area (Å²) in [4.78, 5) is 12.2. The molecular weight excluding hydrogens is 250 g/mol. The SMILES string of the molecule is Cc1ccc(O)c(C(=O)NC2CC2c2ccccc2)c1. The lowest BCUT2D eigenvalue weighted by molar-refractivity contribution is 0.0947. The number of hydrogen-bond donors (Lipinski definition) is 2. The molecule has 0 heterocycles. The van der Waals surface area contributed by atoms with Gasteiger partial charge in [0.15, 0.2) is 0 Å². The Labute approximate surface area is 118 Å². The van der Waals surface area contributed by atoms with Crippen molar-refractivity contribution in [2.75, 3.05) is 0 Å². The average molecular weight is 267 g/mol. The van der Waals surface area contributed by atoms with Crippen molar-refractivity contribution in [1.82, 2.24) is 5.32 Å². The number of aryl methyl sites for hydroxylation is 1. The summed E-state index contributed by atoms with van der Waals surface area (Å²) in [5.41, 5.74) is 2.57. The number of benzene rings is 2. The summed E-state index contributed by atoms with van der Waals surface area (Å²) in [6.45, 7) is 1.90. The second kappa shape index (κ2) is 5.00. The second-order valence-electron chi connectivity index (χ2n) is 5.35. The number of rotatable bonds is 3. The van der Waals surface area contributed by atoms with Crippen LogP contribution in [-0.2, 0) is 0 Å². The van der Waals surface area contributed by atoms with Crippen LogP contribution in [0, 0.1) is 6.92 Å². The van der Waals surface area contributed by atoms with E-state index in [0.717, 1.165) is 12.0 Å². The minimum atomic E-state index is -0.199. The summed E-state index contributed by atoms with van der Waals surface area (Å²) < 4.78 is 0. The van der Waals surface area contributed by atoms with Crippen molar-refractivity contribution in [2.45, 2.75) is 25.3 Å². The van der Waals surface area contributed by atoms with Gasteiger partial charge in [-0.15, -0.1) is 0 Å². The fourth-order valence-electron chi connectivity index (χ4n) is 2.50. The molecule has 0 radical (unpaired) electrons. The van der Waals surface area contributed by atoms with E-state index in [2.05, 4.69) is 17.4 Å². The van der Waals surface area contributed by atoms with Crippen LogP contribution in [-0.4, -0.2) is 17.1 Å². The smallest absolute Gasteiger partial charge is 0.255 e. The first-order chi connectivity index (χ1) is 9.65. The highest BCUT2D eigenvalue weighted by Gasteiger charge is 2.39. The highest BCUT2D eigenvalue weighted by atomic mass is 16.3. The van der Waals surface area contributed by atoms with E-state index >= 15 is 0 Å². The number of carbonyl (C=O) groups excluding carboxylic acids is 1. The monoisotopic (exact) mass is 267 g/mol. The van der Waals surface area contributed by atoms with Crippen molar-refractivity contribution in [3.8, 4) is 5.75 Å². The summed E-state index contributed by atoms with van der Waals surface area (Å²) >= 11 is 0. The molecule has 2 atom stereocenters. The molecule has 1 saturated carbocycles. The Morgan fingerprint density at radius 2 is 1.95 bits per heavy atom. The third kappa shape index (κ3) is 2.52. The van der Waals surface area contributed by atoms with E-state index in [0.29, 0.717) is 11.5 Å². The normalized spacial score (nSPS) is 20.4. The van der Waals surface area contributed by atoms with Crippen LogP contribution in [0.15, 0.2) is 48.5 Å². The first kappa shape index (κ1) is 12.7. The van der Waals surface area contributed by atoms with Crippen molar-refractivity contribution in [3.05, 3.63) is 65.2 Å². The maximum Gasteiger partial charge on any atom is 0.255 e. The molecule has 3 heteroatoms. The highest BCUT2D eigenvalue weighted by molar-refractivity contribution is 5.97. The number of nitrogens with one attached hydrogen (secondary N) is 1. The number of hydrogen-bond acceptors (Lipinski definition) is 2. The molecule has 1 fully saturated rings. The Balaban J connectivity index is 1.68. The lowest BCUT2D eigenvalue weighted by Crippen LogP contribution is -2.26. The van der Waals surface area contributed by atoms with Crippen molar-refractivity contribution in [2.24, 2.45) is 0 Å². The van der Waals surface area contributed by atoms with Crippen molar-refractivity contribution >= 4 is 5.91 Å². The predicted octanol–water partition coefficient (Wildman–Crippen LogP) is 2.99. The van der Waals surface area contributed by atoms with Gasteiger partial charge >= 0.3 is 0 Å². The molecule has 0 bridgehead atoms. The lowest BCUT2D eigenvalue weighted by atomic mass is 10.1. The third-order valence-corrected chi connectivity index (χ3v) is 3.73. The van der Waals surface area contributed by atoms with Gasteiger partial charge in [0.25, 0.3) is 5.91 Å². The maximum absolute atomic E-state index is 12.2. The van der Waals surface area contributed by atoms with E-state index < -0.39 is 0 Å². The standard InChI is InChI=1S/C17H17NO2/c1-11-7-8-16(19)14(9-11)17(20)18-15-10-13(15)12-5-3-2-4-6-12/h2-9,13,15,19H,10H2,1H3,(H,18,20). The van der Waals surface area contributed by atoms with E-state index in [-0.39, 0.29) is 17.7 Å². The van der Waals surface area contributed by atoms with Gasteiger partial charge < -0.3 is 10.4 Å². The van der Waals surface area contributed by atoms with Gasteiger partial charge in [-0.05, 0) is 31.0 Å². The van der Waals surface area contributed by atoms with Crippen LogP contribution in [0.2, 0.25) is 0 Å². The van der Waals surface area contributed by atoms with Crippen LogP contribution in [0.1, 0.15) is 33.8 Å². The maximum atomic E-state index is 12.2. The molecule has 2 N–H and O–H groups in total. The Kier molecular flexibility index (Phi) is 3.18. The van der Waals surface area contributed by atoms with Crippen LogP contribution in [0.3, 0.4) is 0 Å². The Morgan fingerprint density at radius 3 is 2.70 bits per heavy atom. The largest absolute Gasteiger partial charge is 0.507 e. The molecule has 20 heavy (non-hydrogen) atoms. The number of aromatic hydroxyl groups is 1. The van der Waals surface area contributed by atoms with Crippen molar-refractivity contribution in [1.29, 1.82) is 0 Å². The molecular formula is C17H17NO2. The topological polar surface area (TPSA) is 49.3 Å². The third-order valence-electron chi connectivity index (χ3n) is 3.73. The molecule has 2 aromatic carbocycles. The van der Waals surface area contributed by atoms with Gasteiger partial charge in [0, 0.05) is 12.0 Å². The molecule has 2 aromatic rings. The van der Waals surface area contributed by atoms with Crippen LogP contribution in [0.5, 0.6) is 5.75 Å². The van der Waals surface area contributed by atoms with Gasteiger partial charge in [-0.1, -0.05) is 42.0 Å². The number of amides is 1. The molecule has 0 aliphatic heterocycles. The molecule has 1 amide bonds. The average Bonchev–Trinajstić information content (AvgIpc) is 3.21. The van der Waals surface area contributed by atoms with Crippen LogP contribution in [0.4, 0.5) is 0 Å². The van der Waals surface area contributed by atoms with Gasteiger partial charge in [-0.25, -0.2) is 0 Å². The predicted molar refractivity (Wildman–Crippen MR) is 77.9 cm³/mol. The Hall–Kier alpha value is -2.29. The number of phenols is 1. The molecule has 3 rings (SSSR count). The van der Waals surface area contributed by atoms with Crippen LogP contribution >= 0.6 is 0 Å². The fraction of sp³-hybridized carbons (Fsp3) is 0.235. The molecule has 102 valence electrons. The van der Waals surface area contributed by atoms with Gasteiger partial charge in [0.05, 0.1) is 5.56 Å². The summed E-state index contributed by atoms with van der Waals surface area (Å²) in [6, 6.07) is 15.4. The lowest BCUT2D eigenvalue weighted by Gasteiger charge is -2.07. The van der Waals surface area contributed by atoms with Gasteiger partial charge in [0.2, 0.25) is 0 Å².